The minimum atomic E-state index is -0.418. The number of guanidine groups is 1. The fraction of sp³-hybridized carbons (Fsp3) is 0.316. The number of nitrogens with zero attached hydrogens (tertiary/aromatic N) is 3. The Balaban J connectivity index is 1.47. The van der Waals surface area contributed by atoms with Gasteiger partial charge in [-0.25, -0.2) is 13.8 Å². The molecule has 1 aliphatic rings. The zero-order valence-electron chi connectivity index (χ0n) is 15.5. The fourth-order valence-electron chi connectivity index (χ4n) is 3.00. The van der Waals surface area contributed by atoms with E-state index in [1.165, 1.54) is 24.3 Å². The van der Waals surface area contributed by atoms with E-state index in [0.717, 1.165) is 6.42 Å². The topological polar surface area (TPSA) is 81.6 Å². The Morgan fingerprint density at radius 3 is 2.93 bits per heavy atom. The predicted octanol–water partition coefficient (Wildman–Crippen LogP) is 1.74. The highest BCUT2D eigenvalue weighted by Crippen LogP contribution is 2.20. The molecule has 1 fully saturated rings. The maximum atomic E-state index is 13.9. The third-order valence-corrected chi connectivity index (χ3v) is 4.32. The molecule has 1 amide bonds. The molecule has 0 bridgehead atoms. The third kappa shape index (κ3) is 5.15. The van der Waals surface area contributed by atoms with Crippen molar-refractivity contribution >= 4 is 23.4 Å². The van der Waals surface area contributed by atoms with Crippen LogP contribution in [0.25, 0.3) is 0 Å². The molecule has 0 saturated carbocycles. The summed E-state index contributed by atoms with van der Waals surface area (Å²) in [5, 5.41) is 8.75. The molecule has 0 radical (unpaired) electrons. The molecule has 3 rings (SSSR count). The average molecular weight is 388 g/mol. The number of amides is 1. The standard InChI is InChI=1S/C19H22F2N6O/c1-22-19(24-11-17(28)25-14-5-2-4-13(20)10-14)26-15-7-9-27(12-15)18-16(21)6-3-8-23-18/h2-6,8,10,15H,7,9,11-12H2,1H3,(H,25,28)(H2,22,24,26). The highest BCUT2D eigenvalue weighted by molar-refractivity contribution is 5.95. The number of carbonyl (C=O) groups is 1. The van der Waals surface area contributed by atoms with Gasteiger partial charge in [-0.2, -0.15) is 0 Å². The lowest BCUT2D eigenvalue weighted by Crippen LogP contribution is -2.46. The molecule has 2 aromatic rings. The van der Waals surface area contributed by atoms with Crippen LogP contribution < -0.4 is 20.9 Å². The summed E-state index contributed by atoms with van der Waals surface area (Å²) in [6, 6.07) is 8.67. The molecule has 1 unspecified atom stereocenters. The third-order valence-electron chi connectivity index (χ3n) is 4.32. The van der Waals surface area contributed by atoms with E-state index in [4.69, 9.17) is 0 Å². The molecule has 1 aromatic heterocycles. The van der Waals surface area contributed by atoms with Gasteiger partial charge in [0.05, 0.1) is 6.54 Å². The monoisotopic (exact) mass is 388 g/mol. The average Bonchev–Trinajstić information content (AvgIpc) is 3.13. The van der Waals surface area contributed by atoms with Gasteiger partial charge in [0.1, 0.15) is 5.82 Å². The number of rotatable bonds is 5. The van der Waals surface area contributed by atoms with Crippen LogP contribution in [0.1, 0.15) is 6.42 Å². The van der Waals surface area contributed by atoms with Crippen LogP contribution in [0.2, 0.25) is 0 Å². The minimum absolute atomic E-state index is 0.0263. The first-order valence-corrected chi connectivity index (χ1v) is 8.93. The van der Waals surface area contributed by atoms with E-state index >= 15 is 0 Å². The first kappa shape index (κ1) is 19.5. The summed E-state index contributed by atoms with van der Waals surface area (Å²) < 4.78 is 27.0. The van der Waals surface area contributed by atoms with Gasteiger partial charge in [0.2, 0.25) is 5.91 Å². The number of benzene rings is 1. The summed E-state index contributed by atoms with van der Waals surface area (Å²) in [5.74, 6) is -0.290. The molecule has 148 valence electrons. The van der Waals surface area contributed by atoms with Gasteiger partial charge in [-0.1, -0.05) is 6.07 Å². The van der Waals surface area contributed by atoms with Gasteiger partial charge in [0.15, 0.2) is 17.6 Å². The van der Waals surface area contributed by atoms with Crippen molar-refractivity contribution < 1.29 is 13.6 Å². The van der Waals surface area contributed by atoms with Crippen molar-refractivity contribution in [3.63, 3.8) is 0 Å². The molecular weight excluding hydrogens is 366 g/mol. The number of nitrogens with one attached hydrogen (secondary N) is 3. The van der Waals surface area contributed by atoms with E-state index in [-0.39, 0.29) is 24.3 Å². The van der Waals surface area contributed by atoms with Gasteiger partial charge in [0, 0.05) is 38.1 Å². The van der Waals surface area contributed by atoms with Crippen molar-refractivity contribution in [2.75, 3.05) is 36.9 Å². The second-order valence-electron chi connectivity index (χ2n) is 6.37. The Morgan fingerprint density at radius 2 is 2.18 bits per heavy atom. The Kier molecular flexibility index (Phi) is 6.36. The second kappa shape index (κ2) is 9.12. The largest absolute Gasteiger partial charge is 0.352 e. The summed E-state index contributed by atoms with van der Waals surface area (Å²) in [6.07, 6.45) is 2.35. The molecule has 3 N–H and O–H groups in total. The molecule has 1 aliphatic heterocycles. The van der Waals surface area contributed by atoms with Crippen molar-refractivity contribution in [3.8, 4) is 0 Å². The van der Waals surface area contributed by atoms with Gasteiger partial charge in [-0.05, 0) is 36.8 Å². The van der Waals surface area contributed by atoms with Crippen LogP contribution in [0.3, 0.4) is 0 Å². The molecule has 28 heavy (non-hydrogen) atoms. The minimum Gasteiger partial charge on any atom is -0.352 e. The number of hydrogen-bond donors (Lipinski definition) is 3. The summed E-state index contributed by atoms with van der Waals surface area (Å²) in [4.78, 5) is 22.1. The van der Waals surface area contributed by atoms with Crippen molar-refractivity contribution in [2.24, 2.45) is 4.99 Å². The summed E-state index contributed by atoms with van der Waals surface area (Å²) in [7, 11) is 1.60. The Morgan fingerprint density at radius 1 is 1.32 bits per heavy atom. The van der Waals surface area contributed by atoms with E-state index in [1.54, 1.807) is 25.4 Å². The summed E-state index contributed by atoms with van der Waals surface area (Å²) >= 11 is 0. The highest BCUT2D eigenvalue weighted by atomic mass is 19.1. The Hall–Kier alpha value is -3.23. The van der Waals surface area contributed by atoms with Crippen LogP contribution in [0.5, 0.6) is 0 Å². The molecule has 1 saturated heterocycles. The Labute approximate surface area is 161 Å². The summed E-state index contributed by atoms with van der Waals surface area (Å²) in [6.45, 7) is 1.22. The lowest BCUT2D eigenvalue weighted by Gasteiger charge is -2.19. The molecule has 9 heteroatoms. The van der Waals surface area contributed by atoms with E-state index in [0.29, 0.717) is 30.6 Å². The maximum absolute atomic E-state index is 13.9. The van der Waals surface area contributed by atoms with Gasteiger partial charge in [0.25, 0.3) is 0 Å². The molecule has 1 atom stereocenters. The lowest BCUT2D eigenvalue weighted by molar-refractivity contribution is -0.115. The van der Waals surface area contributed by atoms with Crippen LogP contribution >= 0.6 is 0 Å². The number of hydrogen-bond acceptors (Lipinski definition) is 4. The highest BCUT2D eigenvalue weighted by Gasteiger charge is 2.26. The van der Waals surface area contributed by atoms with Crippen LogP contribution in [-0.2, 0) is 4.79 Å². The zero-order valence-corrected chi connectivity index (χ0v) is 15.5. The number of anilines is 2. The van der Waals surface area contributed by atoms with Crippen molar-refractivity contribution in [1.29, 1.82) is 0 Å². The number of pyridine rings is 1. The van der Waals surface area contributed by atoms with E-state index in [1.807, 2.05) is 4.90 Å². The second-order valence-corrected chi connectivity index (χ2v) is 6.37. The quantitative estimate of drug-likeness (QED) is 0.537. The van der Waals surface area contributed by atoms with E-state index in [2.05, 4.69) is 25.9 Å². The molecular formula is C19H22F2N6O. The molecule has 1 aromatic carbocycles. The number of aliphatic imine (C=N–C) groups is 1. The van der Waals surface area contributed by atoms with Crippen LogP contribution in [0, 0.1) is 11.6 Å². The first-order chi connectivity index (χ1) is 13.5. The smallest absolute Gasteiger partial charge is 0.243 e. The molecule has 0 spiro atoms. The van der Waals surface area contributed by atoms with Crippen molar-refractivity contribution in [1.82, 2.24) is 15.6 Å². The van der Waals surface area contributed by atoms with Crippen LogP contribution in [0.15, 0.2) is 47.6 Å². The number of carbonyl (C=O) groups excluding carboxylic acids is 1. The molecule has 7 nitrogen and oxygen atoms in total. The van der Waals surface area contributed by atoms with Gasteiger partial charge in [-0.15, -0.1) is 0 Å². The summed E-state index contributed by atoms with van der Waals surface area (Å²) in [5.41, 5.74) is 0.388. The zero-order chi connectivity index (χ0) is 19.9. The normalized spacial score (nSPS) is 16.8. The van der Waals surface area contributed by atoms with Gasteiger partial charge >= 0.3 is 0 Å². The molecule has 2 heterocycles. The van der Waals surface area contributed by atoms with Crippen molar-refractivity contribution in [2.45, 2.75) is 12.5 Å². The number of halogens is 2. The van der Waals surface area contributed by atoms with Crippen LogP contribution in [0.4, 0.5) is 20.3 Å². The SMILES string of the molecule is CN=C(NCC(=O)Nc1cccc(F)c1)NC1CCN(c2ncccc2F)C1. The molecule has 0 aliphatic carbocycles. The van der Waals surface area contributed by atoms with Gasteiger partial charge < -0.3 is 20.9 Å². The van der Waals surface area contributed by atoms with Gasteiger partial charge in [-0.3, -0.25) is 9.79 Å². The predicted molar refractivity (Wildman–Crippen MR) is 104 cm³/mol. The van der Waals surface area contributed by atoms with E-state index in [9.17, 15) is 13.6 Å². The fourth-order valence-corrected chi connectivity index (χ4v) is 3.00. The first-order valence-electron chi connectivity index (χ1n) is 8.93. The van der Waals surface area contributed by atoms with Crippen LogP contribution in [-0.4, -0.2) is 49.6 Å². The lowest BCUT2D eigenvalue weighted by atomic mass is 10.3. The Bertz CT molecular complexity index is 860. The van der Waals surface area contributed by atoms with E-state index < -0.39 is 5.82 Å². The number of aromatic nitrogens is 1. The van der Waals surface area contributed by atoms with Crippen molar-refractivity contribution in [3.05, 3.63) is 54.2 Å². The maximum Gasteiger partial charge on any atom is 0.243 e.